The number of nitrogens with two attached hydrogens (primary N) is 1. The Hall–Kier alpha value is -1.58. The molecule has 0 saturated carbocycles. The van der Waals surface area contributed by atoms with Gasteiger partial charge in [-0.15, -0.1) is 0 Å². The van der Waals surface area contributed by atoms with Crippen molar-refractivity contribution in [2.45, 2.75) is 0 Å². The van der Waals surface area contributed by atoms with E-state index in [2.05, 4.69) is 9.97 Å². The van der Waals surface area contributed by atoms with Crippen LogP contribution in [0.5, 0.6) is 0 Å². The summed E-state index contributed by atoms with van der Waals surface area (Å²) in [6.07, 6.45) is 5.53. The van der Waals surface area contributed by atoms with E-state index >= 15 is 0 Å². The second kappa shape index (κ2) is 2.82. The fourth-order valence-corrected chi connectivity index (χ4v) is 0.566. The molecule has 0 aromatic carbocycles. The highest BCUT2D eigenvalue weighted by molar-refractivity contribution is 6.01. The molecule has 0 aliphatic rings. The van der Waals surface area contributed by atoms with Crippen molar-refractivity contribution >= 4 is 5.78 Å². The van der Waals surface area contributed by atoms with Crippen molar-refractivity contribution < 1.29 is 4.79 Å². The summed E-state index contributed by atoms with van der Waals surface area (Å²) in [5.74, 6) is 0.0919. The summed E-state index contributed by atoms with van der Waals surface area (Å²) in [6.45, 7) is 0. The van der Waals surface area contributed by atoms with E-state index in [1.165, 1.54) is 18.5 Å². The van der Waals surface area contributed by atoms with Crippen molar-refractivity contribution in [1.82, 2.24) is 9.97 Å². The molecule has 4 heteroatoms. The van der Waals surface area contributed by atoms with Gasteiger partial charge in [-0.25, -0.2) is 4.98 Å². The molecular weight excluding hydrogens is 130 g/mol. The van der Waals surface area contributed by atoms with Crippen LogP contribution in [-0.2, 0) is 0 Å². The van der Waals surface area contributed by atoms with Crippen LogP contribution in [0.3, 0.4) is 0 Å². The van der Waals surface area contributed by atoms with Crippen LogP contribution in [0.1, 0.15) is 10.6 Å². The van der Waals surface area contributed by atoms with E-state index in [4.69, 9.17) is 5.73 Å². The Kier molecular flexibility index (Phi) is 1.84. The lowest BCUT2D eigenvalue weighted by molar-refractivity contribution is 0.103. The molecule has 0 atom stereocenters. The van der Waals surface area contributed by atoms with Gasteiger partial charge in [0.05, 0.1) is 0 Å². The number of ketones is 1. The van der Waals surface area contributed by atoms with E-state index < -0.39 is 0 Å². The van der Waals surface area contributed by atoms with Crippen molar-refractivity contribution in [2.75, 3.05) is 0 Å². The molecule has 0 fully saturated rings. The molecule has 0 saturated heterocycles. The molecule has 52 valence electrons. The molecular formula is C6H7N3O. The molecule has 0 aliphatic heterocycles. The molecule has 1 aromatic heterocycles. The van der Waals surface area contributed by atoms with Crippen LogP contribution >= 0.6 is 0 Å². The zero-order valence-electron chi connectivity index (χ0n) is 5.24. The Labute approximate surface area is 57.8 Å². The highest BCUT2D eigenvalue weighted by atomic mass is 16.1. The van der Waals surface area contributed by atoms with Gasteiger partial charge in [-0.2, -0.15) is 0 Å². The third-order valence-electron chi connectivity index (χ3n) is 0.979. The van der Waals surface area contributed by atoms with E-state index in [1.54, 1.807) is 6.20 Å². The van der Waals surface area contributed by atoms with Gasteiger partial charge in [0.25, 0.3) is 0 Å². The van der Waals surface area contributed by atoms with Gasteiger partial charge in [0.15, 0.2) is 5.82 Å². The largest absolute Gasteiger partial charge is 0.404 e. The number of rotatable bonds is 2. The van der Waals surface area contributed by atoms with E-state index in [9.17, 15) is 4.79 Å². The minimum Gasteiger partial charge on any atom is -0.404 e. The lowest BCUT2D eigenvalue weighted by atomic mass is 10.4. The highest BCUT2D eigenvalue weighted by Crippen LogP contribution is 1.90. The number of aromatic amines is 1. The first-order valence-electron chi connectivity index (χ1n) is 2.76. The summed E-state index contributed by atoms with van der Waals surface area (Å²) in [4.78, 5) is 17.2. The first kappa shape index (κ1) is 6.54. The standard InChI is InChI=1S/C6H7N3O/c7-2-1-5(10)6-8-3-4-9-6/h1-4H,7H2,(H,8,9)/b2-1-. The Morgan fingerprint density at radius 2 is 2.60 bits per heavy atom. The minimum absolute atomic E-state index is 0.215. The first-order chi connectivity index (χ1) is 4.84. The van der Waals surface area contributed by atoms with Crippen molar-refractivity contribution in [1.29, 1.82) is 0 Å². The Morgan fingerprint density at radius 3 is 3.10 bits per heavy atom. The number of hydrogen-bond donors (Lipinski definition) is 2. The van der Waals surface area contributed by atoms with Crippen LogP contribution in [-0.4, -0.2) is 15.8 Å². The van der Waals surface area contributed by atoms with E-state index in [1.807, 2.05) is 0 Å². The molecule has 10 heavy (non-hydrogen) atoms. The van der Waals surface area contributed by atoms with E-state index in [-0.39, 0.29) is 5.78 Å². The van der Waals surface area contributed by atoms with Crippen LogP contribution in [0.25, 0.3) is 0 Å². The number of carbonyl (C=O) groups is 1. The monoisotopic (exact) mass is 137 g/mol. The highest BCUT2D eigenvalue weighted by Gasteiger charge is 2.00. The molecule has 1 aromatic rings. The molecule has 3 N–H and O–H groups in total. The molecule has 0 radical (unpaired) electrons. The lowest BCUT2D eigenvalue weighted by Crippen LogP contribution is -1.97. The summed E-state index contributed by atoms with van der Waals surface area (Å²) in [5.41, 5.74) is 4.99. The number of imidazole rings is 1. The second-order valence-corrected chi connectivity index (χ2v) is 1.66. The van der Waals surface area contributed by atoms with Gasteiger partial charge in [0, 0.05) is 18.5 Å². The zero-order chi connectivity index (χ0) is 7.40. The molecule has 4 nitrogen and oxygen atoms in total. The number of aromatic nitrogens is 2. The SMILES string of the molecule is N/C=C\C(=O)c1ncc[nH]1. The smallest absolute Gasteiger partial charge is 0.222 e. The summed E-state index contributed by atoms with van der Waals surface area (Å²) in [6, 6.07) is 0. The molecule has 0 aliphatic carbocycles. The fraction of sp³-hybridized carbons (Fsp3) is 0. The lowest BCUT2D eigenvalue weighted by Gasteiger charge is -1.83. The number of carbonyl (C=O) groups excluding carboxylic acids is 1. The van der Waals surface area contributed by atoms with Gasteiger partial charge < -0.3 is 10.7 Å². The van der Waals surface area contributed by atoms with Crippen LogP contribution in [0.2, 0.25) is 0 Å². The van der Waals surface area contributed by atoms with Gasteiger partial charge >= 0.3 is 0 Å². The molecule has 1 rings (SSSR count). The van der Waals surface area contributed by atoms with Gasteiger partial charge in [-0.05, 0) is 6.20 Å². The quantitative estimate of drug-likeness (QED) is 0.447. The number of nitrogens with one attached hydrogen (secondary N) is 1. The minimum atomic E-state index is -0.215. The third-order valence-corrected chi connectivity index (χ3v) is 0.979. The maximum Gasteiger partial charge on any atom is 0.222 e. The fourth-order valence-electron chi connectivity index (χ4n) is 0.566. The summed E-state index contributed by atoms with van der Waals surface area (Å²) < 4.78 is 0. The summed E-state index contributed by atoms with van der Waals surface area (Å²) in [7, 11) is 0. The van der Waals surface area contributed by atoms with Crippen molar-refractivity contribution in [3.8, 4) is 0 Å². The van der Waals surface area contributed by atoms with Crippen LogP contribution in [0, 0.1) is 0 Å². The van der Waals surface area contributed by atoms with Crippen molar-refractivity contribution in [3.05, 3.63) is 30.5 Å². The topological polar surface area (TPSA) is 71.8 Å². The maximum absolute atomic E-state index is 10.8. The first-order valence-corrected chi connectivity index (χ1v) is 2.76. The summed E-state index contributed by atoms with van der Waals surface area (Å²) in [5, 5.41) is 0. The Balaban J connectivity index is 2.78. The van der Waals surface area contributed by atoms with E-state index in [0.29, 0.717) is 5.82 Å². The molecule has 0 spiro atoms. The van der Waals surface area contributed by atoms with Crippen LogP contribution in [0.4, 0.5) is 0 Å². The molecule has 1 heterocycles. The number of hydrogen-bond acceptors (Lipinski definition) is 3. The molecule has 0 amide bonds. The number of nitrogens with zero attached hydrogens (tertiary/aromatic N) is 1. The predicted molar refractivity (Wildman–Crippen MR) is 36.2 cm³/mol. The second-order valence-electron chi connectivity index (χ2n) is 1.66. The van der Waals surface area contributed by atoms with Crippen molar-refractivity contribution in [2.24, 2.45) is 5.73 Å². The van der Waals surface area contributed by atoms with Gasteiger partial charge in [0.1, 0.15) is 0 Å². The van der Waals surface area contributed by atoms with Crippen LogP contribution < -0.4 is 5.73 Å². The molecule has 0 bridgehead atoms. The Bertz CT molecular complexity index is 238. The zero-order valence-corrected chi connectivity index (χ0v) is 5.24. The van der Waals surface area contributed by atoms with E-state index in [0.717, 1.165) is 0 Å². The Morgan fingerprint density at radius 1 is 1.80 bits per heavy atom. The third kappa shape index (κ3) is 1.22. The number of allylic oxidation sites excluding steroid dienone is 1. The summed E-state index contributed by atoms with van der Waals surface area (Å²) >= 11 is 0. The van der Waals surface area contributed by atoms with Gasteiger partial charge in [-0.3, -0.25) is 4.79 Å². The van der Waals surface area contributed by atoms with Gasteiger partial charge in [0.2, 0.25) is 5.78 Å². The maximum atomic E-state index is 10.8. The molecule has 0 unspecified atom stereocenters. The number of H-pyrrole nitrogens is 1. The van der Waals surface area contributed by atoms with Gasteiger partial charge in [-0.1, -0.05) is 0 Å². The predicted octanol–water partition coefficient (Wildman–Crippen LogP) is 0.0648. The van der Waals surface area contributed by atoms with Crippen molar-refractivity contribution in [3.63, 3.8) is 0 Å². The average molecular weight is 137 g/mol. The van der Waals surface area contributed by atoms with Crippen LogP contribution in [0.15, 0.2) is 24.7 Å². The normalized spacial score (nSPS) is 10.4. The average Bonchev–Trinajstić information content (AvgIpc) is 2.38.